The van der Waals surface area contributed by atoms with E-state index in [2.05, 4.69) is 5.32 Å². The molecule has 1 aromatic carbocycles. The third-order valence-electron chi connectivity index (χ3n) is 2.40. The predicted molar refractivity (Wildman–Crippen MR) is 61.5 cm³/mol. The third-order valence-corrected chi connectivity index (χ3v) is 2.40. The highest BCUT2D eigenvalue weighted by atomic mass is 19.1. The van der Waals surface area contributed by atoms with Crippen molar-refractivity contribution in [1.29, 1.82) is 0 Å². The predicted octanol–water partition coefficient (Wildman–Crippen LogP) is 0.492. The van der Waals surface area contributed by atoms with E-state index in [1.807, 2.05) is 0 Å². The summed E-state index contributed by atoms with van der Waals surface area (Å²) >= 11 is 0. The molecule has 0 fully saturated rings. The lowest BCUT2D eigenvalue weighted by molar-refractivity contribution is -0.140. The molecule has 1 unspecified atom stereocenters. The molecule has 0 saturated heterocycles. The van der Waals surface area contributed by atoms with Crippen LogP contribution in [0.2, 0.25) is 0 Å². The van der Waals surface area contributed by atoms with Gasteiger partial charge < -0.3 is 15.5 Å². The normalized spacial score (nSPS) is 11.9. The Labute approximate surface area is 103 Å². The maximum Gasteiger partial charge on any atom is 0.311 e. The fourth-order valence-electron chi connectivity index (χ4n) is 1.54. The van der Waals surface area contributed by atoms with Gasteiger partial charge in [-0.05, 0) is 6.07 Å². The van der Waals surface area contributed by atoms with Crippen LogP contribution in [-0.4, -0.2) is 35.2 Å². The Morgan fingerprint density at radius 2 is 2.00 bits per heavy atom. The summed E-state index contributed by atoms with van der Waals surface area (Å²) in [7, 11) is 0. The van der Waals surface area contributed by atoms with Crippen molar-refractivity contribution in [3.8, 4) is 0 Å². The molecule has 3 N–H and O–H groups in total. The van der Waals surface area contributed by atoms with Gasteiger partial charge in [0.25, 0.3) is 0 Å². The average molecular weight is 255 g/mol. The molecule has 0 radical (unpaired) electrons. The lowest BCUT2D eigenvalue weighted by Crippen LogP contribution is -2.29. The fourth-order valence-corrected chi connectivity index (χ4v) is 1.54. The molecule has 98 valence electrons. The maximum absolute atomic E-state index is 13.5. The molecule has 1 atom stereocenters. The van der Waals surface area contributed by atoms with Gasteiger partial charge in [0.1, 0.15) is 5.82 Å². The minimum atomic E-state index is -1.26. The number of hydrogen-bond acceptors (Lipinski definition) is 3. The largest absolute Gasteiger partial charge is 0.481 e. The molecule has 0 aliphatic rings. The molecule has 5 nitrogen and oxygen atoms in total. The summed E-state index contributed by atoms with van der Waals surface area (Å²) in [6.45, 7) is -0.189. The van der Waals surface area contributed by atoms with Gasteiger partial charge >= 0.3 is 5.97 Å². The van der Waals surface area contributed by atoms with Gasteiger partial charge in [0.05, 0.1) is 12.5 Å². The van der Waals surface area contributed by atoms with Gasteiger partial charge in [-0.25, -0.2) is 4.39 Å². The van der Waals surface area contributed by atoms with Gasteiger partial charge in [-0.15, -0.1) is 0 Å². The molecule has 0 saturated carbocycles. The zero-order valence-corrected chi connectivity index (χ0v) is 9.60. The molecule has 6 heteroatoms. The number of aliphatic carboxylic acids is 1. The SMILES string of the molecule is O=C(CC(C(=O)O)c1ccccc1F)NCCO. The molecule has 0 aliphatic carbocycles. The van der Waals surface area contributed by atoms with E-state index in [-0.39, 0.29) is 25.1 Å². The van der Waals surface area contributed by atoms with Crippen LogP contribution in [0.15, 0.2) is 24.3 Å². The smallest absolute Gasteiger partial charge is 0.311 e. The van der Waals surface area contributed by atoms with Crippen molar-refractivity contribution < 1.29 is 24.2 Å². The second-order valence-corrected chi connectivity index (χ2v) is 3.69. The first-order chi connectivity index (χ1) is 8.56. The Balaban J connectivity index is 2.81. The number of rotatable bonds is 6. The summed E-state index contributed by atoms with van der Waals surface area (Å²) in [6, 6.07) is 5.45. The number of amides is 1. The molecule has 0 aromatic heterocycles. The molecule has 18 heavy (non-hydrogen) atoms. The summed E-state index contributed by atoms with van der Waals surface area (Å²) in [6.07, 6.45) is -0.365. The quantitative estimate of drug-likeness (QED) is 0.690. The van der Waals surface area contributed by atoms with Gasteiger partial charge in [-0.1, -0.05) is 18.2 Å². The van der Waals surface area contributed by atoms with Gasteiger partial charge in [0, 0.05) is 18.5 Å². The van der Waals surface area contributed by atoms with Crippen LogP contribution >= 0.6 is 0 Å². The van der Waals surface area contributed by atoms with Crippen LogP contribution in [0.25, 0.3) is 0 Å². The van der Waals surface area contributed by atoms with Crippen molar-refractivity contribution in [2.45, 2.75) is 12.3 Å². The second-order valence-electron chi connectivity index (χ2n) is 3.69. The van der Waals surface area contributed by atoms with Gasteiger partial charge in [-0.2, -0.15) is 0 Å². The van der Waals surface area contributed by atoms with E-state index in [0.29, 0.717) is 0 Å². The number of carboxylic acid groups (broad SMARTS) is 1. The van der Waals surface area contributed by atoms with Crippen LogP contribution in [0.5, 0.6) is 0 Å². The average Bonchev–Trinajstić information content (AvgIpc) is 2.34. The molecular weight excluding hydrogens is 241 g/mol. The highest BCUT2D eigenvalue weighted by Gasteiger charge is 2.25. The fraction of sp³-hybridized carbons (Fsp3) is 0.333. The van der Waals surface area contributed by atoms with Crippen molar-refractivity contribution in [2.75, 3.05) is 13.2 Å². The summed E-state index contributed by atoms with van der Waals surface area (Å²) in [5, 5.41) is 19.9. The summed E-state index contributed by atoms with van der Waals surface area (Å²) in [4.78, 5) is 22.5. The van der Waals surface area contributed by atoms with Crippen LogP contribution in [0, 0.1) is 5.82 Å². The summed E-state index contributed by atoms with van der Waals surface area (Å²) in [5.41, 5.74) is -0.0239. The summed E-state index contributed by atoms with van der Waals surface area (Å²) < 4.78 is 13.5. The first-order valence-corrected chi connectivity index (χ1v) is 5.41. The lowest BCUT2D eigenvalue weighted by Gasteiger charge is -2.13. The van der Waals surface area contributed by atoms with Gasteiger partial charge in [0.15, 0.2) is 0 Å². The Kier molecular flexibility index (Phi) is 5.26. The van der Waals surface area contributed by atoms with E-state index in [1.54, 1.807) is 0 Å². The molecule has 1 amide bonds. The summed E-state index contributed by atoms with van der Waals surface area (Å²) in [5.74, 6) is -3.69. The van der Waals surface area contributed by atoms with Gasteiger partial charge in [-0.3, -0.25) is 9.59 Å². The van der Waals surface area contributed by atoms with Crippen LogP contribution in [0.1, 0.15) is 17.9 Å². The number of hydrogen-bond donors (Lipinski definition) is 3. The standard InChI is InChI=1S/C12H14FNO4/c13-10-4-2-1-3-8(10)9(12(17)18)7-11(16)14-5-6-15/h1-4,9,15H,5-7H2,(H,14,16)(H,17,18). The number of aliphatic hydroxyl groups is 1. The van der Waals surface area contributed by atoms with Crippen molar-refractivity contribution in [2.24, 2.45) is 0 Å². The van der Waals surface area contributed by atoms with E-state index in [1.165, 1.54) is 18.2 Å². The lowest BCUT2D eigenvalue weighted by atomic mass is 9.95. The number of carbonyl (C=O) groups is 2. The van der Waals surface area contributed by atoms with E-state index in [0.717, 1.165) is 6.07 Å². The molecular formula is C12H14FNO4. The number of nitrogens with one attached hydrogen (secondary N) is 1. The first kappa shape index (κ1) is 14.1. The topological polar surface area (TPSA) is 86.6 Å². The van der Waals surface area contributed by atoms with Crippen LogP contribution in [-0.2, 0) is 9.59 Å². The molecule has 0 bridgehead atoms. The minimum absolute atomic E-state index is 0.0239. The third kappa shape index (κ3) is 3.81. The Morgan fingerprint density at radius 1 is 1.33 bits per heavy atom. The minimum Gasteiger partial charge on any atom is -0.481 e. The molecule has 0 heterocycles. The number of carboxylic acids is 1. The molecule has 0 aliphatic heterocycles. The Bertz CT molecular complexity index is 436. The van der Waals surface area contributed by atoms with Crippen molar-refractivity contribution in [3.05, 3.63) is 35.6 Å². The van der Waals surface area contributed by atoms with Crippen molar-refractivity contribution in [3.63, 3.8) is 0 Å². The van der Waals surface area contributed by atoms with E-state index in [4.69, 9.17) is 10.2 Å². The van der Waals surface area contributed by atoms with Crippen LogP contribution in [0.3, 0.4) is 0 Å². The van der Waals surface area contributed by atoms with Crippen molar-refractivity contribution in [1.82, 2.24) is 5.32 Å². The monoisotopic (exact) mass is 255 g/mol. The molecule has 1 aromatic rings. The first-order valence-electron chi connectivity index (χ1n) is 5.41. The zero-order valence-electron chi connectivity index (χ0n) is 9.60. The van der Waals surface area contributed by atoms with Crippen LogP contribution in [0.4, 0.5) is 4.39 Å². The highest BCUT2D eigenvalue weighted by molar-refractivity contribution is 5.85. The number of aliphatic hydroxyl groups excluding tert-OH is 1. The van der Waals surface area contributed by atoms with E-state index >= 15 is 0 Å². The number of benzene rings is 1. The number of halogens is 1. The van der Waals surface area contributed by atoms with Gasteiger partial charge in [0.2, 0.25) is 5.91 Å². The van der Waals surface area contributed by atoms with E-state index in [9.17, 15) is 14.0 Å². The van der Waals surface area contributed by atoms with E-state index < -0.39 is 23.6 Å². The van der Waals surface area contributed by atoms with Crippen molar-refractivity contribution >= 4 is 11.9 Å². The maximum atomic E-state index is 13.5. The molecule has 0 spiro atoms. The Morgan fingerprint density at radius 3 is 2.56 bits per heavy atom. The van der Waals surface area contributed by atoms with Crippen LogP contribution < -0.4 is 5.32 Å². The zero-order chi connectivity index (χ0) is 13.5. The Hall–Kier alpha value is -1.95. The molecule has 1 rings (SSSR count). The number of carbonyl (C=O) groups excluding carboxylic acids is 1. The second kappa shape index (κ2) is 6.70. The highest BCUT2D eigenvalue weighted by Crippen LogP contribution is 2.22.